The molecule has 0 radical (unpaired) electrons. The van der Waals surface area contributed by atoms with Gasteiger partial charge in [-0.3, -0.25) is 4.79 Å². The summed E-state index contributed by atoms with van der Waals surface area (Å²) in [6, 6.07) is 7.83. The first-order valence-corrected chi connectivity index (χ1v) is 9.06. The number of aryl methyl sites for hydroxylation is 2. The summed E-state index contributed by atoms with van der Waals surface area (Å²) in [6.45, 7) is 5.94. The van der Waals surface area contributed by atoms with Gasteiger partial charge < -0.3 is 9.84 Å². The summed E-state index contributed by atoms with van der Waals surface area (Å²) >= 11 is 1.28. The molecule has 1 atom stereocenters. The third-order valence-corrected chi connectivity index (χ3v) is 4.60. The molecule has 1 N–H and O–H groups in total. The molecular formula is C16H19N7O2S. The van der Waals surface area contributed by atoms with Crippen LogP contribution in [0.3, 0.4) is 0 Å². The van der Waals surface area contributed by atoms with Crippen LogP contribution in [0.4, 0.5) is 0 Å². The average Bonchev–Trinajstić information content (AvgIpc) is 3.28. The Morgan fingerprint density at radius 2 is 2.27 bits per heavy atom. The minimum atomic E-state index is -0.387. The number of rotatable bonds is 7. The number of hydrogen-bond donors (Lipinski definition) is 1. The number of aromatic nitrogens is 6. The molecule has 0 unspecified atom stereocenters. The smallest absolute Gasteiger partial charge is 0.233 e. The second-order valence-corrected chi connectivity index (χ2v) is 6.96. The van der Waals surface area contributed by atoms with Crippen LogP contribution in [-0.4, -0.2) is 41.5 Å². The molecule has 2 heterocycles. The lowest BCUT2D eigenvalue weighted by molar-refractivity contribution is -0.120. The first-order valence-electron chi connectivity index (χ1n) is 8.18. The topological polar surface area (TPSA) is 112 Å². The highest BCUT2D eigenvalue weighted by Crippen LogP contribution is 2.23. The summed E-state index contributed by atoms with van der Waals surface area (Å²) in [4.78, 5) is 16.5. The van der Waals surface area contributed by atoms with Crippen molar-refractivity contribution in [3.8, 4) is 5.69 Å². The van der Waals surface area contributed by atoms with Gasteiger partial charge in [0.2, 0.25) is 17.0 Å². The van der Waals surface area contributed by atoms with Crippen molar-refractivity contribution < 1.29 is 9.32 Å². The van der Waals surface area contributed by atoms with E-state index >= 15 is 0 Å². The number of nitrogens with one attached hydrogen (secondary N) is 1. The quantitative estimate of drug-likeness (QED) is 0.623. The zero-order chi connectivity index (χ0) is 18.5. The van der Waals surface area contributed by atoms with Crippen LogP contribution in [0.1, 0.15) is 31.1 Å². The molecule has 0 aliphatic heterocycles. The standard InChI is InChI=1S/C16H19N7O2S/c1-4-14-18-13(20-25-14)9-17-15(24)11(3)26-16-19-21-22-23(16)12-7-5-6-10(2)8-12/h5-8,11H,4,9H2,1-3H3,(H,17,24)/t11-/m1/s1. The van der Waals surface area contributed by atoms with Crippen LogP contribution in [0.15, 0.2) is 33.9 Å². The maximum absolute atomic E-state index is 12.3. The van der Waals surface area contributed by atoms with Crippen LogP contribution in [-0.2, 0) is 17.8 Å². The Hall–Kier alpha value is -2.75. The molecule has 0 aliphatic rings. The number of carbonyl (C=O) groups excluding carboxylic acids is 1. The molecule has 26 heavy (non-hydrogen) atoms. The zero-order valence-electron chi connectivity index (χ0n) is 14.7. The van der Waals surface area contributed by atoms with Crippen LogP contribution in [0.5, 0.6) is 0 Å². The van der Waals surface area contributed by atoms with E-state index < -0.39 is 0 Å². The van der Waals surface area contributed by atoms with Crippen molar-refractivity contribution in [3.05, 3.63) is 41.5 Å². The van der Waals surface area contributed by atoms with Crippen LogP contribution in [0, 0.1) is 6.92 Å². The Balaban J connectivity index is 1.62. The Kier molecular flexibility index (Phi) is 5.61. The number of benzene rings is 1. The highest BCUT2D eigenvalue weighted by atomic mass is 32.2. The van der Waals surface area contributed by atoms with Gasteiger partial charge in [-0.15, -0.1) is 5.10 Å². The van der Waals surface area contributed by atoms with Gasteiger partial charge in [-0.05, 0) is 42.0 Å². The summed E-state index contributed by atoms with van der Waals surface area (Å²) in [6.07, 6.45) is 0.662. The van der Waals surface area contributed by atoms with Crippen LogP contribution < -0.4 is 5.32 Å². The average molecular weight is 373 g/mol. The Labute approximate surface area is 154 Å². The lowest BCUT2D eigenvalue weighted by atomic mass is 10.2. The highest BCUT2D eigenvalue weighted by Gasteiger charge is 2.19. The SMILES string of the molecule is CCc1nc(CNC(=O)[C@@H](C)Sc2nnnn2-c2cccc(C)c2)no1. The molecule has 0 saturated heterocycles. The van der Waals surface area contributed by atoms with Gasteiger partial charge in [-0.2, -0.15) is 9.67 Å². The fourth-order valence-electron chi connectivity index (χ4n) is 2.20. The molecule has 10 heteroatoms. The van der Waals surface area contributed by atoms with Crippen molar-refractivity contribution in [2.75, 3.05) is 0 Å². The van der Waals surface area contributed by atoms with Crippen LogP contribution in [0.2, 0.25) is 0 Å². The molecule has 0 bridgehead atoms. The molecule has 2 aromatic heterocycles. The normalized spacial score (nSPS) is 12.1. The number of carbonyl (C=O) groups is 1. The van der Waals surface area contributed by atoms with Crippen molar-refractivity contribution in [1.82, 2.24) is 35.7 Å². The maximum Gasteiger partial charge on any atom is 0.233 e. The first-order chi connectivity index (χ1) is 12.6. The van der Waals surface area contributed by atoms with Crippen LogP contribution in [0.25, 0.3) is 5.69 Å². The van der Waals surface area contributed by atoms with E-state index in [4.69, 9.17) is 4.52 Å². The van der Waals surface area contributed by atoms with Gasteiger partial charge in [0.25, 0.3) is 0 Å². The largest absolute Gasteiger partial charge is 0.348 e. The van der Waals surface area contributed by atoms with Gasteiger partial charge in [-0.25, -0.2) is 0 Å². The number of nitrogens with zero attached hydrogens (tertiary/aromatic N) is 6. The first kappa shape index (κ1) is 18.1. The predicted octanol–water partition coefficient (Wildman–Crippen LogP) is 1.71. The molecule has 136 valence electrons. The van der Waals surface area contributed by atoms with Gasteiger partial charge >= 0.3 is 0 Å². The molecule has 3 rings (SSSR count). The fourth-order valence-corrected chi connectivity index (χ4v) is 3.03. The van der Waals surface area contributed by atoms with Gasteiger partial charge in [0, 0.05) is 6.42 Å². The maximum atomic E-state index is 12.3. The summed E-state index contributed by atoms with van der Waals surface area (Å²) in [5.41, 5.74) is 1.95. The molecule has 9 nitrogen and oxygen atoms in total. The minimum absolute atomic E-state index is 0.156. The molecule has 0 saturated carbocycles. The summed E-state index contributed by atoms with van der Waals surface area (Å²) in [5, 5.41) is 18.5. The Morgan fingerprint density at radius 3 is 3.00 bits per heavy atom. The molecular weight excluding hydrogens is 354 g/mol. The molecule has 1 amide bonds. The molecule has 0 spiro atoms. The van der Waals surface area contributed by atoms with Crippen molar-refractivity contribution in [2.45, 2.75) is 44.1 Å². The molecule has 0 aliphatic carbocycles. The fraction of sp³-hybridized carbons (Fsp3) is 0.375. The van der Waals surface area contributed by atoms with E-state index in [1.807, 2.05) is 38.1 Å². The number of thioether (sulfide) groups is 1. The molecule has 0 fully saturated rings. The van der Waals surface area contributed by atoms with E-state index in [1.54, 1.807) is 11.6 Å². The lowest BCUT2D eigenvalue weighted by Gasteiger charge is -2.11. The Bertz CT molecular complexity index is 892. The molecule has 1 aromatic carbocycles. The van der Waals surface area contributed by atoms with Gasteiger partial charge in [0.1, 0.15) is 0 Å². The Morgan fingerprint density at radius 1 is 1.42 bits per heavy atom. The number of amides is 1. The summed E-state index contributed by atoms with van der Waals surface area (Å²) in [5.74, 6) is 0.850. The van der Waals surface area contributed by atoms with E-state index in [0.717, 1.165) is 11.3 Å². The van der Waals surface area contributed by atoms with Crippen molar-refractivity contribution >= 4 is 17.7 Å². The number of tetrazole rings is 1. The van der Waals surface area contributed by atoms with E-state index in [1.165, 1.54) is 11.8 Å². The van der Waals surface area contributed by atoms with Crippen molar-refractivity contribution in [2.24, 2.45) is 0 Å². The lowest BCUT2D eigenvalue weighted by Crippen LogP contribution is -2.31. The minimum Gasteiger partial charge on any atom is -0.348 e. The van der Waals surface area contributed by atoms with Gasteiger partial charge in [0.05, 0.1) is 17.5 Å². The van der Waals surface area contributed by atoms with E-state index in [9.17, 15) is 4.79 Å². The van der Waals surface area contributed by atoms with E-state index in [2.05, 4.69) is 31.0 Å². The molecule has 3 aromatic rings. The zero-order valence-corrected chi connectivity index (χ0v) is 15.5. The second kappa shape index (κ2) is 8.09. The summed E-state index contributed by atoms with van der Waals surface area (Å²) < 4.78 is 6.64. The third-order valence-electron chi connectivity index (χ3n) is 3.57. The number of hydrogen-bond acceptors (Lipinski definition) is 8. The predicted molar refractivity (Wildman–Crippen MR) is 94.7 cm³/mol. The third kappa shape index (κ3) is 4.26. The van der Waals surface area contributed by atoms with Gasteiger partial charge in [-0.1, -0.05) is 36.0 Å². The highest BCUT2D eigenvalue weighted by molar-refractivity contribution is 8.00. The monoisotopic (exact) mass is 373 g/mol. The van der Waals surface area contributed by atoms with Gasteiger partial charge in [0.15, 0.2) is 5.82 Å². The van der Waals surface area contributed by atoms with Crippen LogP contribution >= 0.6 is 11.8 Å². The van der Waals surface area contributed by atoms with Crippen molar-refractivity contribution in [3.63, 3.8) is 0 Å². The van der Waals surface area contributed by atoms with Crippen molar-refractivity contribution in [1.29, 1.82) is 0 Å². The summed E-state index contributed by atoms with van der Waals surface area (Å²) in [7, 11) is 0. The second-order valence-electron chi connectivity index (χ2n) is 5.65. The van der Waals surface area contributed by atoms with E-state index in [-0.39, 0.29) is 17.7 Å². The van der Waals surface area contributed by atoms with E-state index in [0.29, 0.717) is 23.3 Å².